The molecular formula is C12H22N2O2. The van der Waals surface area contributed by atoms with Gasteiger partial charge in [-0.1, -0.05) is 13.8 Å². The Hall–Kier alpha value is -0.610. The molecule has 0 aromatic rings. The van der Waals surface area contributed by atoms with E-state index in [1.165, 1.54) is 0 Å². The van der Waals surface area contributed by atoms with E-state index in [4.69, 9.17) is 4.74 Å². The number of nitrogens with zero attached hydrogens (tertiary/aromatic N) is 1. The first kappa shape index (κ1) is 11.9. The highest BCUT2D eigenvalue weighted by Crippen LogP contribution is 2.22. The maximum Gasteiger partial charge on any atom is 0.248 e. The average molecular weight is 226 g/mol. The first-order valence-corrected chi connectivity index (χ1v) is 6.13. The predicted molar refractivity (Wildman–Crippen MR) is 62.1 cm³/mol. The van der Waals surface area contributed by atoms with Crippen LogP contribution in [0.3, 0.4) is 0 Å². The summed E-state index contributed by atoms with van der Waals surface area (Å²) >= 11 is 0. The standard InChI is InChI=1S/C12H22N2O2/c1-9-4-14(5-10(9)2)11(15)6-16-12(3)7-13-8-12/h9-10,13H,4-8H2,1-3H3. The Morgan fingerprint density at radius 1 is 1.38 bits per heavy atom. The van der Waals surface area contributed by atoms with Gasteiger partial charge in [0.05, 0.1) is 5.60 Å². The van der Waals surface area contributed by atoms with Crippen molar-refractivity contribution in [3.63, 3.8) is 0 Å². The number of likely N-dealkylation sites (tertiary alicyclic amines) is 1. The molecular weight excluding hydrogens is 204 g/mol. The van der Waals surface area contributed by atoms with Crippen LogP contribution in [0.5, 0.6) is 0 Å². The van der Waals surface area contributed by atoms with Gasteiger partial charge in [0.25, 0.3) is 0 Å². The maximum atomic E-state index is 11.9. The third kappa shape index (κ3) is 2.38. The van der Waals surface area contributed by atoms with E-state index in [0.717, 1.165) is 26.2 Å². The lowest BCUT2D eigenvalue weighted by Crippen LogP contribution is -2.59. The van der Waals surface area contributed by atoms with Crippen molar-refractivity contribution >= 4 is 5.91 Å². The zero-order chi connectivity index (χ0) is 11.8. The summed E-state index contributed by atoms with van der Waals surface area (Å²) in [5.41, 5.74) is -0.118. The predicted octanol–water partition coefficient (Wildman–Crippen LogP) is 0.479. The molecule has 4 heteroatoms. The van der Waals surface area contributed by atoms with E-state index in [1.54, 1.807) is 0 Å². The Morgan fingerprint density at radius 3 is 2.38 bits per heavy atom. The second-order valence-electron chi connectivity index (χ2n) is 5.60. The van der Waals surface area contributed by atoms with E-state index >= 15 is 0 Å². The minimum absolute atomic E-state index is 0.118. The van der Waals surface area contributed by atoms with E-state index < -0.39 is 0 Å². The smallest absolute Gasteiger partial charge is 0.248 e. The van der Waals surface area contributed by atoms with Crippen LogP contribution in [0.1, 0.15) is 20.8 Å². The number of rotatable bonds is 3. The van der Waals surface area contributed by atoms with Gasteiger partial charge in [0, 0.05) is 26.2 Å². The molecule has 92 valence electrons. The second kappa shape index (κ2) is 4.34. The average Bonchev–Trinajstić information content (AvgIpc) is 2.53. The minimum atomic E-state index is -0.118. The molecule has 2 unspecified atom stereocenters. The highest BCUT2D eigenvalue weighted by molar-refractivity contribution is 5.77. The molecule has 2 fully saturated rings. The molecule has 0 aromatic heterocycles. The first-order chi connectivity index (χ1) is 7.50. The van der Waals surface area contributed by atoms with Crippen LogP contribution in [-0.2, 0) is 9.53 Å². The van der Waals surface area contributed by atoms with Crippen molar-refractivity contribution in [3.05, 3.63) is 0 Å². The zero-order valence-electron chi connectivity index (χ0n) is 10.5. The fourth-order valence-corrected chi connectivity index (χ4v) is 2.24. The summed E-state index contributed by atoms with van der Waals surface area (Å²) in [6.07, 6.45) is 0. The SMILES string of the molecule is CC1CN(C(=O)COC2(C)CNC2)CC1C. The van der Waals surface area contributed by atoms with E-state index in [2.05, 4.69) is 19.2 Å². The van der Waals surface area contributed by atoms with E-state index in [1.807, 2.05) is 11.8 Å². The molecule has 2 atom stereocenters. The molecule has 2 saturated heterocycles. The molecule has 2 aliphatic rings. The summed E-state index contributed by atoms with van der Waals surface area (Å²) in [6, 6.07) is 0. The normalized spacial score (nSPS) is 32.6. The summed E-state index contributed by atoms with van der Waals surface area (Å²) < 4.78 is 5.66. The van der Waals surface area contributed by atoms with Gasteiger partial charge in [-0.15, -0.1) is 0 Å². The maximum absolute atomic E-state index is 11.9. The van der Waals surface area contributed by atoms with Gasteiger partial charge in [-0.25, -0.2) is 0 Å². The summed E-state index contributed by atoms with van der Waals surface area (Å²) in [5.74, 6) is 1.37. The number of nitrogens with one attached hydrogen (secondary N) is 1. The number of amides is 1. The van der Waals surface area contributed by atoms with Gasteiger partial charge in [0.1, 0.15) is 6.61 Å². The van der Waals surface area contributed by atoms with Crippen molar-refractivity contribution in [2.24, 2.45) is 11.8 Å². The lowest BCUT2D eigenvalue weighted by molar-refractivity contribution is -0.145. The highest BCUT2D eigenvalue weighted by Gasteiger charge is 2.35. The molecule has 0 aliphatic carbocycles. The lowest BCUT2D eigenvalue weighted by atomic mass is 10.0. The molecule has 2 aliphatic heterocycles. The molecule has 0 bridgehead atoms. The monoisotopic (exact) mass is 226 g/mol. The molecule has 0 saturated carbocycles. The van der Waals surface area contributed by atoms with Crippen LogP contribution >= 0.6 is 0 Å². The van der Waals surface area contributed by atoms with Gasteiger partial charge in [-0.05, 0) is 18.8 Å². The first-order valence-electron chi connectivity index (χ1n) is 6.13. The van der Waals surface area contributed by atoms with Crippen LogP contribution in [0.15, 0.2) is 0 Å². The van der Waals surface area contributed by atoms with Gasteiger partial charge >= 0.3 is 0 Å². The van der Waals surface area contributed by atoms with Crippen molar-refractivity contribution in [2.45, 2.75) is 26.4 Å². The Kier molecular flexibility index (Phi) is 3.22. The Balaban J connectivity index is 1.76. The van der Waals surface area contributed by atoms with Gasteiger partial charge < -0.3 is 15.0 Å². The van der Waals surface area contributed by atoms with Crippen molar-refractivity contribution in [1.82, 2.24) is 10.2 Å². The van der Waals surface area contributed by atoms with Gasteiger partial charge in [-0.3, -0.25) is 4.79 Å². The Labute approximate surface area is 97.3 Å². The number of carbonyl (C=O) groups excluding carboxylic acids is 1. The molecule has 2 rings (SSSR count). The van der Waals surface area contributed by atoms with E-state index in [9.17, 15) is 4.79 Å². The third-order valence-corrected chi connectivity index (χ3v) is 3.88. The molecule has 1 N–H and O–H groups in total. The summed E-state index contributed by atoms with van der Waals surface area (Å²) in [5, 5.41) is 3.16. The fourth-order valence-electron chi connectivity index (χ4n) is 2.24. The van der Waals surface area contributed by atoms with Crippen LogP contribution in [0.2, 0.25) is 0 Å². The van der Waals surface area contributed by atoms with Crippen molar-refractivity contribution in [1.29, 1.82) is 0 Å². The number of hydrogen-bond acceptors (Lipinski definition) is 3. The summed E-state index contributed by atoms with van der Waals surface area (Å²) in [7, 11) is 0. The topological polar surface area (TPSA) is 41.6 Å². The zero-order valence-corrected chi connectivity index (χ0v) is 10.5. The Morgan fingerprint density at radius 2 is 1.94 bits per heavy atom. The van der Waals surface area contributed by atoms with Crippen LogP contribution in [0.25, 0.3) is 0 Å². The number of carbonyl (C=O) groups is 1. The quantitative estimate of drug-likeness (QED) is 0.761. The van der Waals surface area contributed by atoms with Crippen LogP contribution in [0, 0.1) is 11.8 Å². The van der Waals surface area contributed by atoms with Gasteiger partial charge in [0.2, 0.25) is 5.91 Å². The molecule has 4 nitrogen and oxygen atoms in total. The van der Waals surface area contributed by atoms with Crippen molar-refractivity contribution < 1.29 is 9.53 Å². The highest BCUT2D eigenvalue weighted by atomic mass is 16.5. The van der Waals surface area contributed by atoms with Gasteiger partial charge in [0.15, 0.2) is 0 Å². The number of hydrogen-bond donors (Lipinski definition) is 1. The summed E-state index contributed by atoms with van der Waals surface area (Å²) in [4.78, 5) is 13.8. The van der Waals surface area contributed by atoms with Crippen LogP contribution < -0.4 is 5.32 Å². The molecule has 0 aromatic carbocycles. The molecule has 0 spiro atoms. The molecule has 0 radical (unpaired) electrons. The minimum Gasteiger partial charge on any atom is -0.363 e. The summed E-state index contributed by atoms with van der Waals surface area (Å²) in [6.45, 7) is 10.2. The fraction of sp³-hybridized carbons (Fsp3) is 0.917. The van der Waals surface area contributed by atoms with Crippen molar-refractivity contribution in [2.75, 3.05) is 32.8 Å². The lowest BCUT2D eigenvalue weighted by Gasteiger charge is -2.39. The Bertz CT molecular complexity index is 266. The van der Waals surface area contributed by atoms with E-state index in [-0.39, 0.29) is 18.1 Å². The molecule has 2 heterocycles. The molecule has 16 heavy (non-hydrogen) atoms. The van der Waals surface area contributed by atoms with Crippen LogP contribution in [0.4, 0.5) is 0 Å². The molecule has 1 amide bonds. The van der Waals surface area contributed by atoms with Crippen molar-refractivity contribution in [3.8, 4) is 0 Å². The number of ether oxygens (including phenoxy) is 1. The third-order valence-electron chi connectivity index (χ3n) is 3.88. The second-order valence-corrected chi connectivity index (χ2v) is 5.60. The van der Waals surface area contributed by atoms with E-state index in [0.29, 0.717) is 11.8 Å². The largest absolute Gasteiger partial charge is 0.363 e. The van der Waals surface area contributed by atoms with Gasteiger partial charge in [-0.2, -0.15) is 0 Å². The van der Waals surface area contributed by atoms with Crippen LogP contribution in [-0.4, -0.2) is 49.2 Å².